The van der Waals surface area contributed by atoms with Crippen LogP contribution in [-0.2, 0) is 4.74 Å². The van der Waals surface area contributed by atoms with Crippen LogP contribution in [0.15, 0.2) is 18.3 Å². The van der Waals surface area contributed by atoms with Gasteiger partial charge < -0.3 is 20.1 Å². The molecule has 24 heavy (non-hydrogen) atoms. The summed E-state index contributed by atoms with van der Waals surface area (Å²) in [6, 6.07) is 3.65. The molecular weight excluding hydrogens is 306 g/mol. The second-order valence-electron chi connectivity index (χ2n) is 6.79. The number of hydrogen-bond donors (Lipinski definition) is 2. The number of carbonyl (C=O) groups excluding carboxylic acids is 1. The van der Waals surface area contributed by atoms with Gasteiger partial charge in [-0.05, 0) is 31.4 Å². The van der Waals surface area contributed by atoms with Crippen LogP contribution in [0, 0.1) is 0 Å². The van der Waals surface area contributed by atoms with Crippen molar-refractivity contribution in [3.05, 3.63) is 23.9 Å². The van der Waals surface area contributed by atoms with Crippen molar-refractivity contribution in [3.8, 4) is 0 Å². The van der Waals surface area contributed by atoms with Gasteiger partial charge in [-0.3, -0.25) is 4.79 Å². The molecule has 1 saturated heterocycles. The van der Waals surface area contributed by atoms with Crippen LogP contribution in [0.1, 0.15) is 48.9 Å². The molecule has 6 heteroatoms. The smallest absolute Gasteiger partial charge is 0.255 e. The topological polar surface area (TPSA) is 74.7 Å². The first-order valence-electron chi connectivity index (χ1n) is 8.91. The van der Waals surface area contributed by atoms with Crippen molar-refractivity contribution in [3.63, 3.8) is 0 Å². The van der Waals surface area contributed by atoms with E-state index in [9.17, 15) is 9.90 Å². The molecule has 2 aliphatic rings. The zero-order chi connectivity index (χ0) is 16.9. The predicted molar refractivity (Wildman–Crippen MR) is 92.2 cm³/mol. The number of aromatic nitrogens is 1. The van der Waals surface area contributed by atoms with Gasteiger partial charge in [-0.1, -0.05) is 19.3 Å². The predicted octanol–water partition coefficient (Wildman–Crippen LogP) is 1.73. The Morgan fingerprint density at radius 2 is 2.12 bits per heavy atom. The zero-order valence-corrected chi connectivity index (χ0v) is 14.3. The number of aliphatic hydroxyl groups is 1. The van der Waals surface area contributed by atoms with Gasteiger partial charge in [0, 0.05) is 25.9 Å². The number of amides is 1. The van der Waals surface area contributed by atoms with E-state index in [0.717, 1.165) is 12.8 Å². The number of anilines is 1. The lowest BCUT2D eigenvalue weighted by Gasteiger charge is -2.33. The highest BCUT2D eigenvalue weighted by Crippen LogP contribution is 2.27. The molecular formula is C18H27N3O3. The highest BCUT2D eigenvalue weighted by atomic mass is 16.5. The minimum Gasteiger partial charge on any atom is -0.391 e. The van der Waals surface area contributed by atoms with Crippen LogP contribution in [-0.4, -0.2) is 54.4 Å². The monoisotopic (exact) mass is 333 g/mol. The van der Waals surface area contributed by atoms with Gasteiger partial charge in [0.2, 0.25) is 0 Å². The van der Waals surface area contributed by atoms with Crippen molar-refractivity contribution >= 4 is 11.7 Å². The average molecular weight is 333 g/mol. The number of nitrogens with one attached hydrogen (secondary N) is 1. The van der Waals surface area contributed by atoms with Gasteiger partial charge in [-0.2, -0.15) is 0 Å². The molecule has 132 valence electrons. The third-order valence-electron chi connectivity index (χ3n) is 5.12. The molecule has 0 spiro atoms. The summed E-state index contributed by atoms with van der Waals surface area (Å²) in [6.45, 7) is 0.886. The highest BCUT2D eigenvalue weighted by molar-refractivity contribution is 5.99. The molecule has 1 aromatic heterocycles. The molecule has 0 radical (unpaired) electrons. The Morgan fingerprint density at radius 3 is 2.88 bits per heavy atom. The Morgan fingerprint density at radius 1 is 1.33 bits per heavy atom. The van der Waals surface area contributed by atoms with Gasteiger partial charge in [-0.15, -0.1) is 0 Å². The van der Waals surface area contributed by atoms with Crippen molar-refractivity contribution in [2.75, 3.05) is 25.2 Å². The minimum absolute atomic E-state index is 0.199. The van der Waals surface area contributed by atoms with Crippen LogP contribution in [0.3, 0.4) is 0 Å². The average Bonchev–Trinajstić information content (AvgIpc) is 2.63. The number of nitrogens with zero attached hydrogens (tertiary/aromatic N) is 2. The van der Waals surface area contributed by atoms with Crippen molar-refractivity contribution in [2.45, 2.75) is 56.7 Å². The number of pyridine rings is 1. The first kappa shape index (κ1) is 17.2. The standard InChI is InChI=1S/C18H27N3O3/c1-21(13-6-3-2-4-7-13)17-14(8-5-10-19-17)18(23)20-15-12-24-11-9-16(15)22/h5,8,10,13,15-16,22H,2-4,6-7,9,11-12H2,1H3,(H,20,23)/t15-,16-/m1/s1. The molecule has 2 heterocycles. The Bertz CT molecular complexity index is 560. The summed E-state index contributed by atoms with van der Waals surface area (Å²) in [6.07, 6.45) is 7.76. The SMILES string of the molecule is CN(c1ncccc1C(=O)N[C@@H]1COCC[C@H]1O)C1CCCCC1. The maximum atomic E-state index is 12.7. The van der Waals surface area contributed by atoms with Crippen molar-refractivity contribution < 1.29 is 14.6 Å². The lowest BCUT2D eigenvalue weighted by atomic mass is 9.94. The second kappa shape index (κ2) is 7.94. The van der Waals surface area contributed by atoms with Gasteiger partial charge >= 0.3 is 0 Å². The van der Waals surface area contributed by atoms with E-state index in [2.05, 4.69) is 15.2 Å². The van der Waals surface area contributed by atoms with E-state index in [1.807, 2.05) is 7.05 Å². The Balaban J connectivity index is 1.74. The van der Waals surface area contributed by atoms with Crippen molar-refractivity contribution in [1.82, 2.24) is 10.3 Å². The van der Waals surface area contributed by atoms with E-state index in [1.165, 1.54) is 19.3 Å². The summed E-state index contributed by atoms with van der Waals surface area (Å²) >= 11 is 0. The fourth-order valence-electron chi connectivity index (χ4n) is 3.61. The molecule has 6 nitrogen and oxygen atoms in total. The Kier molecular flexibility index (Phi) is 5.68. The first-order valence-corrected chi connectivity index (χ1v) is 8.91. The van der Waals surface area contributed by atoms with Gasteiger partial charge in [0.15, 0.2) is 0 Å². The highest BCUT2D eigenvalue weighted by Gasteiger charge is 2.28. The van der Waals surface area contributed by atoms with E-state index >= 15 is 0 Å². The maximum absolute atomic E-state index is 12.7. The van der Waals surface area contributed by atoms with Crippen LogP contribution < -0.4 is 10.2 Å². The third-order valence-corrected chi connectivity index (χ3v) is 5.12. The lowest BCUT2D eigenvalue weighted by molar-refractivity contribution is -0.0140. The molecule has 1 aliphatic heterocycles. The van der Waals surface area contributed by atoms with Crippen LogP contribution >= 0.6 is 0 Å². The third kappa shape index (κ3) is 3.87. The van der Waals surface area contributed by atoms with E-state index in [4.69, 9.17) is 4.74 Å². The quantitative estimate of drug-likeness (QED) is 0.878. The summed E-state index contributed by atoms with van der Waals surface area (Å²) in [5.41, 5.74) is 0.559. The van der Waals surface area contributed by atoms with Gasteiger partial charge in [-0.25, -0.2) is 4.98 Å². The fraction of sp³-hybridized carbons (Fsp3) is 0.667. The fourth-order valence-corrected chi connectivity index (χ4v) is 3.61. The normalized spacial score (nSPS) is 25.2. The largest absolute Gasteiger partial charge is 0.391 e. The molecule has 2 atom stereocenters. The van der Waals surface area contributed by atoms with E-state index < -0.39 is 6.10 Å². The molecule has 1 aromatic rings. The van der Waals surface area contributed by atoms with Crippen molar-refractivity contribution in [2.24, 2.45) is 0 Å². The van der Waals surface area contributed by atoms with Crippen LogP contribution in [0.5, 0.6) is 0 Å². The number of aliphatic hydroxyl groups excluding tert-OH is 1. The van der Waals surface area contributed by atoms with E-state index in [0.29, 0.717) is 37.1 Å². The number of hydrogen-bond acceptors (Lipinski definition) is 5. The molecule has 3 rings (SSSR count). The van der Waals surface area contributed by atoms with Crippen LogP contribution in [0.25, 0.3) is 0 Å². The van der Waals surface area contributed by atoms with E-state index in [-0.39, 0.29) is 11.9 Å². The van der Waals surface area contributed by atoms with Crippen molar-refractivity contribution in [1.29, 1.82) is 0 Å². The minimum atomic E-state index is -0.557. The molecule has 2 N–H and O–H groups in total. The zero-order valence-electron chi connectivity index (χ0n) is 14.3. The van der Waals surface area contributed by atoms with Gasteiger partial charge in [0.1, 0.15) is 5.82 Å². The summed E-state index contributed by atoms with van der Waals surface area (Å²) in [5.74, 6) is 0.517. The molecule has 1 aliphatic carbocycles. The lowest BCUT2D eigenvalue weighted by Crippen LogP contribution is -2.49. The Hall–Kier alpha value is -1.66. The number of carbonyl (C=O) groups is 1. The van der Waals surface area contributed by atoms with E-state index in [1.54, 1.807) is 18.3 Å². The maximum Gasteiger partial charge on any atom is 0.255 e. The van der Waals surface area contributed by atoms with Gasteiger partial charge in [0.05, 0.1) is 24.3 Å². The van der Waals surface area contributed by atoms with Crippen LogP contribution in [0.2, 0.25) is 0 Å². The van der Waals surface area contributed by atoms with Crippen LogP contribution in [0.4, 0.5) is 5.82 Å². The number of ether oxygens (including phenoxy) is 1. The molecule has 0 unspecified atom stereocenters. The molecule has 1 amide bonds. The molecule has 1 saturated carbocycles. The summed E-state index contributed by atoms with van der Waals surface area (Å²) in [4.78, 5) is 19.3. The molecule has 0 bridgehead atoms. The first-order chi connectivity index (χ1) is 11.7. The molecule has 2 fully saturated rings. The summed E-state index contributed by atoms with van der Waals surface area (Å²) in [5, 5.41) is 12.9. The summed E-state index contributed by atoms with van der Waals surface area (Å²) < 4.78 is 5.36. The molecule has 0 aromatic carbocycles. The van der Waals surface area contributed by atoms with Gasteiger partial charge in [0.25, 0.3) is 5.91 Å². The summed E-state index contributed by atoms with van der Waals surface area (Å²) in [7, 11) is 2.02. The Labute approximate surface area is 143 Å². The second-order valence-corrected chi connectivity index (χ2v) is 6.79. The number of rotatable bonds is 4.